The van der Waals surface area contributed by atoms with Gasteiger partial charge in [0.05, 0.1) is 12.7 Å². The van der Waals surface area contributed by atoms with E-state index in [2.05, 4.69) is 4.72 Å². The number of nitrogens with one attached hydrogen (secondary N) is 1. The van der Waals surface area contributed by atoms with E-state index < -0.39 is 16.0 Å². The van der Waals surface area contributed by atoms with Crippen LogP contribution in [0.2, 0.25) is 0 Å². The minimum absolute atomic E-state index is 0.0127. The van der Waals surface area contributed by atoms with E-state index in [-0.39, 0.29) is 34.1 Å². The Morgan fingerprint density at radius 3 is 2.14 bits per heavy atom. The molecular formula is C15H23NO5S. The quantitative estimate of drug-likeness (QED) is 0.801. The Hall–Kier alpha value is -1.60. The van der Waals surface area contributed by atoms with E-state index in [1.807, 2.05) is 27.7 Å². The maximum Gasteiger partial charge on any atom is 0.335 e. The van der Waals surface area contributed by atoms with Gasteiger partial charge < -0.3 is 9.84 Å². The van der Waals surface area contributed by atoms with Crippen LogP contribution in [0.1, 0.15) is 38.1 Å². The lowest BCUT2D eigenvalue weighted by Crippen LogP contribution is -2.42. The van der Waals surface area contributed by atoms with Crippen molar-refractivity contribution in [3.05, 3.63) is 23.8 Å². The van der Waals surface area contributed by atoms with Crippen molar-refractivity contribution in [1.82, 2.24) is 4.72 Å². The lowest BCUT2D eigenvalue weighted by molar-refractivity contribution is 0.0696. The minimum Gasteiger partial charge on any atom is -0.495 e. The summed E-state index contributed by atoms with van der Waals surface area (Å²) in [5.74, 6) is -0.880. The number of methoxy groups -OCH3 is 1. The van der Waals surface area contributed by atoms with Crippen LogP contribution in [0.4, 0.5) is 0 Å². The molecule has 124 valence electrons. The molecule has 0 amide bonds. The van der Waals surface area contributed by atoms with Crippen molar-refractivity contribution in [3.8, 4) is 5.75 Å². The first-order valence-corrected chi connectivity index (χ1v) is 8.52. The topological polar surface area (TPSA) is 92.7 Å². The Bertz CT molecular complexity index is 629. The zero-order valence-corrected chi connectivity index (χ0v) is 14.3. The van der Waals surface area contributed by atoms with Crippen LogP contribution < -0.4 is 9.46 Å². The summed E-state index contributed by atoms with van der Waals surface area (Å²) in [6, 6.07) is 3.48. The summed E-state index contributed by atoms with van der Waals surface area (Å²) < 4.78 is 32.9. The second kappa shape index (κ2) is 7.11. The van der Waals surface area contributed by atoms with E-state index in [1.165, 1.54) is 25.3 Å². The fourth-order valence-corrected chi connectivity index (χ4v) is 3.99. The maximum absolute atomic E-state index is 12.6. The second-order valence-electron chi connectivity index (χ2n) is 5.81. The van der Waals surface area contributed by atoms with Crippen molar-refractivity contribution in [2.24, 2.45) is 11.8 Å². The molecule has 1 aromatic carbocycles. The summed E-state index contributed by atoms with van der Waals surface area (Å²) in [7, 11) is -2.49. The van der Waals surface area contributed by atoms with Gasteiger partial charge in [0, 0.05) is 6.04 Å². The fraction of sp³-hybridized carbons (Fsp3) is 0.533. The van der Waals surface area contributed by atoms with Gasteiger partial charge in [0.1, 0.15) is 10.6 Å². The van der Waals surface area contributed by atoms with Crippen LogP contribution >= 0.6 is 0 Å². The van der Waals surface area contributed by atoms with Crippen LogP contribution in [0.5, 0.6) is 5.75 Å². The molecule has 0 atom stereocenters. The third-order valence-electron chi connectivity index (χ3n) is 3.43. The van der Waals surface area contributed by atoms with E-state index >= 15 is 0 Å². The molecule has 0 aliphatic carbocycles. The molecule has 0 fully saturated rings. The number of benzene rings is 1. The summed E-state index contributed by atoms with van der Waals surface area (Å²) in [6.07, 6.45) is 0. The molecule has 7 heteroatoms. The minimum atomic E-state index is -3.80. The fourth-order valence-electron chi connectivity index (χ4n) is 2.31. The standard InChI is InChI=1S/C15H23NO5S/c1-9(2)14(10(3)4)16-22(19,20)13-7-6-11(15(17)18)8-12(13)21-5/h6-10,14,16H,1-5H3,(H,17,18). The monoisotopic (exact) mass is 329 g/mol. The van der Waals surface area contributed by atoms with Gasteiger partial charge in [-0.1, -0.05) is 27.7 Å². The van der Waals surface area contributed by atoms with Crippen molar-refractivity contribution >= 4 is 16.0 Å². The number of carboxylic acids is 1. The molecule has 0 heterocycles. The van der Waals surface area contributed by atoms with Crippen molar-refractivity contribution in [1.29, 1.82) is 0 Å². The lowest BCUT2D eigenvalue weighted by Gasteiger charge is -2.26. The van der Waals surface area contributed by atoms with Gasteiger partial charge in [0.25, 0.3) is 0 Å². The van der Waals surface area contributed by atoms with Crippen molar-refractivity contribution in [2.45, 2.75) is 38.6 Å². The normalized spacial score (nSPS) is 12.2. The molecule has 0 saturated heterocycles. The molecule has 0 bridgehead atoms. The van der Waals surface area contributed by atoms with Gasteiger partial charge in [-0.2, -0.15) is 0 Å². The van der Waals surface area contributed by atoms with Crippen LogP contribution in [0.25, 0.3) is 0 Å². The highest BCUT2D eigenvalue weighted by molar-refractivity contribution is 7.89. The average molecular weight is 329 g/mol. The van der Waals surface area contributed by atoms with Gasteiger partial charge in [-0.25, -0.2) is 17.9 Å². The Balaban J connectivity index is 3.25. The third-order valence-corrected chi connectivity index (χ3v) is 4.93. The second-order valence-corrected chi connectivity index (χ2v) is 7.49. The molecule has 22 heavy (non-hydrogen) atoms. The molecule has 0 aromatic heterocycles. The number of carbonyl (C=O) groups is 1. The van der Waals surface area contributed by atoms with Gasteiger partial charge >= 0.3 is 5.97 Å². The molecule has 0 aliphatic rings. The van der Waals surface area contributed by atoms with Crippen LogP contribution in [0.15, 0.2) is 23.1 Å². The largest absolute Gasteiger partial charge is 0.495 e. The summed E-state index contributed by atoms with van der Waals surface area (Å²) >= 11 is 0. The van der Waals surface area contributed by atoms with Crippen molar-refractivity contribution in [3.63, 3.8) is 0 Å². The molecular weight excluding hydrogens is 306 g/mol. The third kappa shape index (κ3) is 4.20. The molecule has 1 aromatic rings. The van der Waals surface area contributed by atoms with Gasteiger partial charge in [-0.3, -0.25) is 0 Å². The number of hydrogen-bond acceptors (Lipinski definition) is 4. The van der Waals surface area contributed by atoms with Gasteiger partial charge in [-0.05, 0) is 30.0 Å². The Kier molecular flexibility index (Phi) is 5.96. The molecule has 0 spiro atoms. The first kappa shape index (κ1) is 18.4. The molecule has 0 aliphatic heterocycles. The number of sulfonamides is 1. The SMILES string of the molecule is COc1cc(C(=O)O)ccc1S(=O)(=O)NC(C(C)C)C(C)C. The predicted octanol–water partition coefficient (Wildman–Crippen LogP) is 2.35. The number of hydrogen-bond donors (Lipinski definition) is 2. The number of carboxylic acid groups (broad SMARTS) is 1. The Labute approximate surface area is 131 Å². The summed E-state index contributed by atoms with van der Waals surface area (Å²) in [5, 5.41) is 8.97. The van der Waals surface area contributed by atoms with Crippen LogP contribution in [0.3, 0.4) is 0 Å². The average Bonchev–Trinajstić information content (AvgIpc) is 2.43. The molecule has 0 radical (unpaired) electrons. The summed E-state index contributed by atoms with van der Waals surface area (Å²) in [6.45, 7) is 7.77. The first-order valence-electron chi connectivity index (χ1n) is 7.03. The van der Waals surface area contributed by atoms with E-state index in [0.29, 0.717) is 0 Å². The van der Waals surface area contributed by atoms with Crippen molar-refractivity contribution in [2.75, 3.05) is 7.11 Å². The highest BCUT2D eigenvalue weighted by Gasteiger charge is 2.27. The number of ether oxygens (including phenoxy) is 1. The van der Waals surface area contributed by atoms with Crippen LogP contribution in [0, 0.1) is 11.8 Å². The first-order chi connectivity index (χ1) is 10.1. The van der Waals surface area contributed by atoms with Crippen LogP contribution in [-0.2, 0) is 10.0 Å². The van der Waals surface area contributed by atoms with E-state index in [0.717, 1.165) is 0 Å². The number of rotatable bonds is 7. The molecule has 0 unspecified atom stereocenters. The van der Waals surface area contributed by atoms with E-state index in [9.17, 15) is 13.2 Å². The zero-order chi connectivity index (χ0) is 17.1. The number of aromatic carboxylic acids is 1. The van der Waals surface area contributed by atoms with Gasteiger partial charge in [-0.15, -0.1) is 0 Å². The molecule has 2 N–H and O–H groups in total. The Morgan fingerprint density at radius 2 is 1.73 bits per heavy atom. The smallest absolute Gasteiger partial charge is 0.335 e. The highest BCUT2D eigenvalue weighted by atomic mass is 32.2. The predicted molar refractivity (Wildman–Crippen MR) is 83.7 cm³/mol. The van der Waals surface area contributed by atoms with Gasteiger partial charge in [0.15, 0.2) is 0 Å². The summed E-state index contributed by atoms with van der Waals surface area (Å²) in [5.41, 5.74) is -0.0277. The van der Waals surface area contributed by atoms with E-state index in [4.69, 9.17) is 9.84 Å². The van der Waals surface area contributed by atoms with Crippen LogP contribution in [-0.4, -0.2) is 32.6 Å². The highest BCUT2D eigenvalue weighted by Crippen LogP contribution is 2.26. The summed E-state index contributed by atoms with van der Waals surface area (Å²) in [4.78, 5) is 10.9. The van der Waals surface area contributed by atoms with Gasteiger partial charge in [0.2, 0.25) is 10.0 Å². The van der Waals surface area contributed by atoms with E-state index in [1.54, 1.807) is 0 Å². The maximum atomic E-state index is 12.6. The molecule has 6 nitrogen and oxygen atoms in total. The zero-order valence-electron chi connectivity index (χ0n) is 13.5. The lowest BCUT2D eigenvalue weighted by atomic mass is 9.94. The van der Waals surface area contributed by atoms with Crippen molar-refractivity contribution < 1.29 is 23.1 Å². The Morgan fingerprint density at radius 1 is 1.18 bits per heavy atom. The molecule has 1 rings (SSSR count). The molecule has 0 saturated carbocycles.